The van der Waals surface area contributed by atoms with Crippen molar-refractivity contribution in [2.24, 2.45) is 0 Å². The molecule has 0 aliphatic rings. The lowest BCUT2D eigenvalue weighted by Gasteiger charge is -2.12. The first-order valence-electron chi connectivity index (χ1n) is 6.21. The first-order valence-corrected chi connectivity index (χ1v) is 6.21. The van der Waals surface area contributed by atoms with Gasteiger partial charge in [-0.05, 0) is 25.3 Å². The van der Waals surface area contributed by atoms with Crippen LogP contribution in [0, 0.1) is 6.92 Å². The molecule has 0 aromatic heterocycles. The Balaban J connectivity index is 2.46. The molecular formula is C15H19NO3. The van der Waals surface area contributed by atoms with Crippen LogP contribution in [0.25, 0.3) is 0 Å². The highest BCUT2D eigenvalue weighted by Crippen LogP contribution is 2.06. The summed E-state index contributed by atoms with van der Waals surface area (Å²) in [6.45, 7) is 5.47. The molecule has 4 heteroatoms. The molecule has 0 saturated carbocycles. The van der Waals surface area contributed by atoms with Crippen LogP contribution in [0.3, 0.4) is 0 Å². The van der Waals surface area contributed by atoms with E-state index in [2.05, 4.69) is 11.9 Å². The molecule has 0 aliphatic carbocycles. The number of benzene rings is 1. The number of aliphatic carboxylic acids is 1. The van der Waals surface area contributed by atoms with Gasteiger partial charge in [-0.1, -0.05) is 35.9 Å². The van der Waals surface area contributed by atoms with Crippen LogP contribution in [0.15, 0.2) is 36.9 Å². The molecule has 1 aromatic carbocycles. The summed E-state index contributed by atoms with van der Waals surface area (Å²) >= 11 is 0. The van der Waals surface area contributed by atoms with Crippen LogP contribution in [0.4, 0.5) is 0 Å². The van der Waals surface area contributed by atoms with E-state index in [9.17, 15) is 9.59 Å². The van der Waals surface area contributed by atoms with Crippen molar-refractivity contribution in [3.63, 3.8) is 0 Å². The highest BCUT2D eigenvalue weighted by atomic mass is 16.4. The molecule has 1 unspecified atom stereocenters. The fourth-order valence-electron chi connectivity index (χ4n) is 1.78. The summed E-state index contributed by atoms with van der Waals surface area (Å²) in [6.07, 6.45) is 2.60. The number of carboxylic acids is 1. The lowest BCUT2D eigenvalue weighted by atomic mass is 10.1. The molecule has 1 amide bonds. The van der Waals surface area contributed by atoms with Gasteiger partial charge >= 0.3 is 5.97 Å². The second kappa shape index (κ2) is 7.36. The maximum absolute atomic E-state index is 11.7. The number of amides is 1. The van der Waals surface area contributed by atoms with Gasteiger partial charge < -0.3 is 10.4 Å². The predicted molar refractivity (Wildman–Crippen MR) is 73.9 cm³/mol. The first kappa shape index (κ1) is 15.0. The third kappa shape index (κ3) is 5.38. The van der Waals surface area contributed by atoms with Crippen molar-refractivity contribution in [1.29, 1.82) is 0 Å². The average Bonchev–Trinajstić information content (AvgIpc) is 2.36. The van der Waals surface area contributed by atoms with Crippen LogP contribution in [-0.4, -0.2) is 23.0 Å². The highest BCUT2D eigenvalue weighted by molar-refractivity contribution is 5.83. The minimum Gasteiger partial charge on any atom is -0.480 e. The minimum atomic E-state index is -1.04. The van der Waals surface area contributed by atoms with Crippen molar-refractivity contribution in [2.75, 3.05) is 0 Å². The first-order chi connectivity index (χ1) is 9.02. The van der Waals surface area contributed by atoms with Gasteiger partial charge in [0, 0.05) is 6.42 Å². The number of hydrogen-bond donors (Lipinski definition) is 2. The Morgan fingerprint density at radius 1 is 1.47 bits per heavy atom. The zero-order valence-electron chi connectivity index (χ0n) is 11.1. The van der Waals surface area contributed by atoms with E-state index in [0.717, 1.165) is 11.1 Å². The number of carbonyl (C=O) groups excluding carboxylic acids is 1. The lowest BCUT2D eigenvalue weighted by molar-refractivity contribution is -0.141. The highest BCUT2D eigenvalue weighted by Gasteiger charge is 2.17. The molecule has 0 saturated heterocycles. The van der Waals surface area contributed by atoms with E-state index in [-0.39, 0.29) is 18.7 Å². The quantitative estimate of drug-likeness (QED) is 0.738. The third-order valence-electron chi connectivity index (χ3n) is 2.76. The molecule has 19 heavy (non-hydrogen) atoms. The van der Waals surface area contributed by atoms with Gasteiger partial charge in [0.1, 0.15) is 6.04 Å². The summed E-state index contributed by atoms with van der Waals surface area (Å²) in [5.41, 5.74) is 2.22. The van der Waals surface area contributed by atoms with E-state index in [1.165, 1.54) is 6.08 Å². The fourth-order valence-corrected chi connectivity index (χ4v) is 1.78. The second-order valence-electron chi connectivity index (χ2n) is 4.47. The van der Waals surface area contributed by atoms with Gasteiger partial charge in [-0.25, -0.2) is 4.79 Å². The maximum Gasteiger partial charge on any atom is 0.326 e. The normalized spacial score (nSPS) is 11.6. The molecule has 0 fully saturated rings. The standard InChI is InChI=1S/C15H19NO3/c1-3-5-13(15(18)19)16-14(17)9-8-12-7-4-6-11(2)10-12/h3-4,6-7,10,13H,1,5,8-9H2,2H3,(H,16,17)(H,18,19). The second-order valence-corrected chi connectivity index (χ2v) is 4.47. The third-order valence-corrected chi connectivity index (χ3v) is 2.76. The van der Waals surface area contributed by atoms with Crippen LogP contribution < -0.4 is 5.32 Å². The molecule has 1 rings (SSSR count). The lowest BCUT2D eigenvalue weighted by Crippen LogP contribution is -2.40. The predicted octanol–water partition coefficient (Wildman–Crippen LogP) is 2.07. The maximum atomic E-state index is 11.7. The summed E-state index contributed by atoms with van der Waals surface area (Å²) < 4.78 is 0. The van der Waals surface area contributed by atoms with Gasteiger partial charge in [-0.3, -0.25) is 4.79 Å². The van der Waals surface area contributed by atoms with Crippen LogP contribution in [0.2, 0.25) is 0 Å². The van der Waals surface area contributed by atoms with E-state index < -0.39 is 12.0 Å². The molecular weight excluding hydrogens is 242 g/mol. The monoisotopic (exact) mass is 261 g/mol. The molecule has 0 radical (unpaired) electrons. The van der Waals surface area contributed by atoms with Gasteiger partial charge in [0.05, 0.1) is 0 Å². The van der Waals surface area contributed by atoms with Gasteiger partial charge in [0.15, 0.2) is 0 Å². The Kier molecular flexibility index (Phi) is 5.79. The van der Waals surface area contributed by atoms with Crippen molar-refractivity contribution in [3.05, 3.63) is 48.0 Å². The number of nitrogens with one attached hydrogen (secondary N) is 1. The molecule has 1 aromatic rings. The van der Waals surface area contributed by atoms with Crippen LogP contribution in [-0.2, 0) is 16.0 Å². The number of hydrogen-bond acceptors (Lipinski definition) is 2. The zero-order valence-corrected chi connectivity index (χ0v) is 11.1. The fraction of sp³-hybridized carbons (Fsp3) is 0.333. The van der Waals surface area contributed by atoms with E-state index in [1.54, 1.807) is 0 Å². The molecule has 0 aliphatic heterocycles. The number of rotatable bonds is 7. The van der Waals surface area contributed by atoms with Gasteiger partial charge in [0.25, 0.3) is 0 Å². The summed E-state index contributed by atoms with van der Waals surface area (Å²) in [5.74, 6) is -1.29. The van der Waals surface area contributed by atoms with Crippen molar-refractivity contribution in [3.8, 4) is 0 Å². The van der Waals surface area contributed by atoms with Gasteiger partial charge in [0.2, 0.25) is 5.91 Å². The van der Waals surface area contributed by atoms with E-state index in [4.69, 9.17) is 5.11 Å². The van der Waals surface area contributed by atoms with Crippen LogP contribution in [0.5, 0.6) is 0 Å². The molecule has 0 heterocycles. The van der Waals surface area contributed by atoms with Gasteiger partial charge in [-0.15, -0.1) is 6.58 Å². The minimum absolute atomic E-state index is 0.228. The number of carbonyl (C=O) groups is 2. The van der Waals surface area contributed by atoms with E-state index in [0.29, 0.717) is 6.42 Å². The number of carboxylic acid groups (broad SMARTS) is 1. The summed E-state index contributed by atoms with van der Waals surface area (Å²) in [4.78, 5) is 22.6. The molecule has 102 valence electrons. The SMILES string of the molecule is C=CCC(NC(=O)CCc1cccc(C)c1)C(=O)O. The molecule has 0 bridgehead atoms. The zero-order chi connectivity index (χ0) is 14.3. The number of aryl methyl sites for hydroxylation is 2. The Bertz CT molecular complexity index is 468. The molecule has 2 N–H and O–H groups in total. The van der Waals surface area contributed by atoms with E-state index in [1.807, 2.05) is 31.2 Å². The molecule has 4 nitrogen and oxygen atoms in total. The summed E-state index contributed by atoms with van der Waals surface area (Å²) in [7, 11) is 0. The Morgan fingerprint density at radius 3 is 2.79 bits per heavy atom. The molecule has 1 atom stereocenters. The van der Waals surface area contributed by atoms with Crippen molar-refractivity contribution in [1.82, 2.24) is 5.32 Å². The van der Waals surface area contributed by atoms with Crippen molar-refractivity contribution < 1.29 is 14.7 Å². The van der Waals surface area contributed by atoms with E-state index >= 15 is 0 Å². The Labute approximate surface area is 113 Å². The Morgan fingerprint density at radius 2 is 2.21 bits per heavy atom. The summed E-state index contributed by atoms with van der Waals surface area (Å²) in [6, 6.07) is 7.03. The molecule has 0 spiro atoms. The Hall–Kier alpha value is -2.10. The smallest absolute Gasteiger partial charge is 0.326 e. The van der Waals surface area contributed by atoms with Crippen molar-refractivity contribution >= 4 is 11.9 Å². The van der Waals surface area contributed by atoms with Gasteiger partial charge in [-0.2, -0.15) is 0 Å². The largest absolute Gasteiger partial charge is 0.480 e. The summed E-state index contributed by atoms with van der Waals surface area (Å²) in [5, 5.41) is 11.4. The topological polar surface area (TPSA) is 66.4 Å². The van der Waals surface area contributed by atoms with Crippen molar-refractivity contribution in [2.45, 2.75) is 32.2 Å². The average molecular weight is 261 g/mol. The van der Waals surface area contributed by atoms with Crippen LogP contribution >= 0.6 is 0 Å². The van der Waals surface area contributed by atoms with Crippen LogP contribution in [0.1, 0.15) is 24.0 Å².